The van der Waals surface area contributed by atoms with Crippen LogP contribution in [0.25, 0.3) is 0 Å². The van der Waals surface area contributed by atoms with E-state index in [0.717, 1.165) is 24.4 Å². The van der Waals surface area contributed by atoms with Gasteiger partial charge in [-0.15, -0.1) is 0 Å². The van der Waals surface area contributed by atoms with Gasteiger partial charge >= 0.3 is 6.03 Å². The van der Waals surface area contributed by atoms with E-state index in [4.69, 9.17) is 4.52 Å². The molecule has 2 saturated heterocycles. The van der Waals surface area contributed by atoms with E-state index >= 15 is 0 Å². The van der Waals surface area contributed by atoms with Gasteiger partial charge in [-0.25, -0.2) is 4.79 Å². The van der Waals surface area contributed by atoms with Gasteiger partial charge in [-0.05, 0) is 32.7 Å². The highest BCUT2D eigenvalue weighted by atomic mass is 16.5. The highest BCUT2D eigenvalue weighted by molar-refractivity contribution is 5.74. The summed E-state index contributed by atoms with van der Waals surface area (Å²) in [7, 11) is 1.80. The van der Waals surface area contributed by atoms with E-state index in [-0.39, 0.29) is 6.03 Å². The van der Waals surface area contributed by atoms with Gasteiger partial charge in [0.2, 0.25) is 0 Å². The second-order valence-electron chi connectivity index (χ2n) is 6.23. The third-order valence-corrected chi connectivity index (χ3v) is 4.59. The van der Waals surface area contributed by atoms with Crippen molar-refractivity contribution in [3.8, 4) is 0 Å². The zero-order valence-corrected chi connectivity index (χ0v) is 12.8. The summed E-state index contributed by atoms with van der Waals surface area (Å²) < 4.78 is 5.03. The first-order valence-electron chi connectivity index (χ1n) is 7.81. The maximum absolute atomic E-state index is 12.3. The van der Waals surface area contributed by atoms with Crippen molar-refractivity contribution in [2.75, 3.05) is 20.1 Å². The monoisotopic (exact) mass is 292 g/mol. The molecule has 6 nitrogen and oxygen atoms in total. The zero-order chi connectivity index (χ0) is 14.8. The van der Waals surface area contributed by atoms with E-state index in [1.165, 1.54) is 25.8 Å². The van der Waals surface area contributed by atoms with E-state index in [9.17, 15) is 4.79 Å². The van der Waals surface area contributed by atoms with Gasteiger partial charge in [0.25, 0.3) is 0 Å². The Morgan fingerprint density at radius 1 is 1.48 bits per heavy atom. The first kappa shape index (κ1) is 14.4. The number of urea groups is 1. The summed E-state index contributed by atoms with van der Waals surface area (Å²) in [5, 5.41) is 7.12. The Labute approximate surface area is 125 Å². The molecule has 3 heterocycles. The molecule has 0 unspecified atom stereocenters. The fourth-order valence-electron chi connectivity index (χ4n) is 3.49. The molecule has 3 rings (SSSR count). The molecule has 0 bridgehead atoms. The molecule has 2 aliphatic rings. The van der Waals surface area contributed by atoms with Crippen LogP contribution >= 0.6 is 0 Å². The van der Waals surface area contributed by atoms with Gasteiger partial charge in [0.15, 0.2) is 0 Å². The summed E-state index contributed by atoms with van der Waals surface area (Å²) in [5.41, 5.74) is 0.788. The number of hydrogen-bond donors (Lipinski definition) is 1. The normalized spacial score (nSPS) is 25.6. The second-order valence-corrected chi connectivity index (χ2v) is 6.23. The molecule has 21 heavy (non-hydrogen) atoms. The molecular formula is C15H24N4O2. The van der Waals surface area contributed by atoms with E-state index < -0.39 is 0 Å². The van der Waals surface area contributed by atoms with Crippen molar-refractivity contribution < 1.29 is 9.32 Å². The van der Waals surface area contributed by atoms with Crippen LogP contribution < -0.4 is 5.32 Å². The molecule has 2 amide bonds. The van der Waals surface area contributed by atoms with Crippen LogP contribution in [0.5, 0.6) is 0 Å². The van der Waals surface area contributed by atoms with E-state index in [0.29, 0.717) is 18.6 Å². The first-order valence-corrected chi connectivity index (χ1v) is 7.81. The summed E-state index contributed by atoms with van der Waals surface area (Å²) in [4.78, 5) is 16.5. The van der Waals surface area contributed by atoms with Gasteiger partial charge in [0.05, 0.1) is 6.54 Å². The smallest absolute Gasteiger partial charge is 0.317 e. The van der Waals surface area contributed by atoms with Crippen molar-refractivity contribution in [1.82, 2.24) is 20.3 Å². The topological polar surface area (TPSA) is 61.6 Å². The maximum Gasteiger partial charge on any atom is 0.317 e. The molecule has 0 aromatic carbocycles. The zero-order valence-electron chi connectivity index (χ0n) is 12.8. The van der Waals surface area contributed by atoms with Crippen molar-refractivity contribution in [2.45, 2.75) is 51.2 Å². The van der Waals surface area contributed by atoms with Crippen LogP contribution in [0.4, 0.5) is 4.79 Å². The molecule has 1 aromatic rings. The number of piperidine rings is 1. The van der Waals surface area contributed by atoms with Gasteiger partial charge in [-0.3, -0.25) is 4.90 Å². The lowest BCUT2D eigenvalue weighted by atomic mass is 9.99. The Hall–Kier alpha value is -1.56. The van der Waals surface area contributed by atoms with Crippen molar-refractivity contribution >= 4 is 6.03 Å². The number of fused-ring (bicyclic) bond motifs is 1. The SMILES string of the molecule is Cc1cc(CN(C)C(=O)N[C@H]2CCN3CCCC[C@H]23)no1. The molecule has 2 fully saturated rings. The van der Waals surface area contributed by atoms with Gasteiger partial charge in [-0.2, -0.15) is 0 Å². The molecular weight excluding hydrogens is 268 g/mol. The van der Waals surface area contributed by atoms with Crippen molar-refractivity contribution in [1.29, 1.82) is 0 Å². The molecule has 6 heteroatoms. The Morgan fingerprint density at radius 3 is 3.10 bits per heavy atom. The van der Waals surface area contributed by atoms with Crippen LogP contribution in [0.3, 0.4) is 0 Å². The number of aromatic nitrogens is 1. The number of amides is 2. The Kier molecular flexibility index (Phi) is 4.14. The molecule has 1 aromatic heterocycles. The van der Waals surface area contributed by atoms with Crippen LogP contribution in [-0.4, -0.2) is 53.2 Å². The second kappa shape index (κ2) is 6.05. The molecule has 1 N–H and O–H groups in total. The van der Waals surface area contributed by atoms with Gasteiger partial charge in [0.1, 0.15) is 11.5 Å². The van der Waals surface area contributed by atoms with Crippen LogP contribution in [0.1, 0.15) is 37.1 Å². The van der Waals surface area contributed by atoms with Gasteiger partial charge < -0.3 is 14.7 Å². The molecule has 116 valence electrons. The summed E-state index contributed by atoms with van der Waals surface area (Å²) in [5.74, 6) is 0.771. The summed E-state index contributed by atoms with van der Waals surface area (Å²) >= 11 is 0. The maximum atomic E-state index is 12.3. The van der Waals surface area contributed by atoms with E-state index in [2.05, 4.69) is 15.4 Å². The molecule has 2 aliphatic heterocycles. The fraction of sp³-hybridized carbons (Fsp3) is 0.733. The highest BCUT2D eigenvalue weighted by Gasteiger charge is 2.36. The minimum absolute atomic E-state index is 0.0203. The summed E-state index contributed by atoms with van der Waals surface area (Å²) in [6.45, 7) is 4.63. The molecule has 2 atom stereocenters. The standard InChI is InChI=1S/C15H24N4O2/c1-11-9-12(17-21-11)10-18(2)15(20)16-13-6-8-19-7-4-3-5-14(13)19/h9,13-14H,3-8,10H2,1-2H3,(H,16,20)/t13-,14+/m0/s1. The quantitative estimate of drug-likeness (QED) is 0.922. The minimum atomic E-state index is -0.0203. The lowest BCUT2D eigenvalue weighted by Gasteiger charge is -2.33. The number of carbonyl (C=O) groups excluding carboxylic acids is 1. The van der Waals surface area contributed by atoms with E-state index in [1.807, 2.05) is 13.0 Å². The Bertz CT molecular complexity index is 502. The van der Waals surface area contributed by atoms with Crippen LogP contribution in [0.2, 0.25) is 0 Å². The van der Waals surface area contributed by atoms with Gasteiger partial charge in [-0.1, -0.05) is 11.6 Å². The number of aryl methyl sites for hydroxylation is 1. The van der Waals surface area contributed by atoms with Gasteiger partial charge in [0, 0.05) is 31.7 Å². The lowest BCUT2D eigenvalue weighted by Crippen LogP contribution is -2.49. The number of rotatable bonds is 3. The third-order valence-electron chi connectivity index (χ3n) is 4.59. The highest BCUT2D eigenvalue weighted by Crippen LogP contribution is 2.27. The minimum Gasteiger partial charge on any atom is -0.361 e. The molecule has 0 saturated carbocycles. The van der Waals surface area contributed by atoms with Crippen molar-refractivity contribution in [2.24, 2.45) is 0 Å². The average molecular weight is 292 g/mol. The molecule has 0 aliphatic carbocycles. The van der Waals surface area contributed by atoms with E-state index in [1.54, 1.807) is 11.9 Å². The fourth-order valence-corrected chi connectivity index (χ4v) is 3.49. The predicted octanol–water partition coefficient (Wildman–Crippen LogP) is 1.75. The molecule has 0 spiro atoms. The van der Waals surface area contributed by atoms with Crippen LogP contribution in [-0.2, 0) is 6.54 Å². The lowest BCUT2D eigenvalue weighted by molar-refractivity contribution is 0.170. The summed E-state index contributed by atoms with van der Waals surface area (Å²) in [6.07, 6.45) is 4.84. The predicted molar refractivity (Wildman–Crippen MR) is 78.9 cm³/mol. The number of nitrogens with zero attached hydrogens (tertiary/aromatic N) is 3. The van der Waals surface area contributed by atoms with Crippen molar-refractivity contribution in [3.63, 3.8) is 0 Å². The number of nitrogens with one attached hydrogen (secondary N) is 1. The first-order chi connectivity index (χ1) is 10.1. The number of hydrogen-bond acceptors (Lipinski definition) is 4. The van der Waals surface area contributed by atoms with Crippen LogP contribution in [0.15, 0.2) is 10.6 Å². The Balaban J connectivity index is 1.53. The Morgan fingerprint density at radius 2 is 2.33 bits per heavy atom. The largest absolute Gasteiger partial charge is 0.361 e. The van der Waals surface area contributed by atoms with Crippen LogP contribution in [0, 0.1) is 6.92 Å². The molecule has 0 radical (unpaired) electrons. The average Bonchev–Trinajstić information content (AvgIpc) is 3.06. The third kappa shape index (κ3) is 3.20. The van der Waals surface area contributed by atoms with Crippen molar-refractivity contribution in [3.05, 3.63) is 17.5 Å². The number of carbonyl (C=O) groups is 1. The summed E-state index contributed by atoms with van der Waals surface area (Å²) in [6, 6.07) is 2.67.